The van der Waals surface area contributed by atoms with E-state index in [0.717, 1.165) is 52.7 Å². The largest absolute Gasteiger partial charge is 0.462 e. The van der Waals surface area contributed by atoms with Gasteiger partial charge in [0.05, 0.1) is 46.8 Å². The standard InChI is InChI=1S/C29H23F6N5O4S/c1-2-44-26(43)17-10-12-19(13-11-17)37-24(41)16-45-27-39-38-23(40(27)20-7-5-6-18(14-20)28(30,31)32)15-36-25(42)21-8-3-4-9-22(21)29(33,34)35/h3-14H,2,15-16H2,1H3,(H,36,42)(H,37,41). The Kier molecular flexibility index (Phi) is 10.2. The molecule has 9 nitrogen and oxygen atoms in total. The molecular formula is C29H23F6N5O4S. The molecule has 1 heterocycles. The highest BCUT2D eigenvalue weighted by Gasteiger charge is 2.35. The second-order valence-corrected chi connectivity index (χ2v) is 10.1. The lowest BCUT2D eigenvalue weighted by molar-refractivity contribution is -0.138. The lowest BCUT2D eigenvalue weighted by Crippen LogP contribution is -2.27. The van der Waals surface area contributed by atoms with Crippen LogP contribution in [0, 0.1) is 0 Å². The summed E-state index contributed by atoms with van der Waals surface area (Å²) in [4.78, 5) is 37.2. The Balaban J connectivity index is 1.55. The molecule has 0 bridgehead atoms. The van der Waals surface area contributed by atoms with E-state index in [4.69, 9.17) is 4.74 Å². The van der Waals surface area contributed by atoms with Crippen LogP contribution >= 0.6 is 11.8 Å². The van der Waals surface area contributed by atoms with E-state index in [1.54, 1.807) is 6.92 Å². The first-order valence-electron chi connectivity index (χ1n) is 13.0. The van der Waals surface area contributed by atoms with Gasteiger partial charge in [0.1, 0.15) is 0 Å². The number of thioether (sulfide) groups is 1. The topological polar surface area (TPSA) is 115 Å². The molecule has 3 aromatic carbocycles. The number of aromatic nitrogens is 3. The zero-order valence-electron chi connectivity index (χ0n) is 23.2. The van der Waals surface area contributed by atoms with Crippen LogP contribution in [0.15, 0.2) is 78.0 Å². The predicted octanol–water partition coefficient (Wildman–Crippen LogP) is 6.14. The van der Waals surface area contributed by atoms with Crippen LogP contribution in [-0.4, -0.2) is 44.9 Å². The number of alkyl halides is 6. The highest BCUT2D eigenvalue weighted by Crippen LogP contribution is 2.33. The molecule has 2 N–H and O–H groups in total. The van der Waals surface area contributed by atoms with E-state index in [1.807, 2.05) is 0 Å². The molecule has 0 aliphatic carbocycles. The van der Waals surface area contributed by atoms with Crippen molar-refractivity contribution in [3.63, 3.8) is 0 Å². The molecule has 0 atom stereocenters. The van der Waals surface area contributed by atoms with Crippen LogP contribution in [-0.2, 0) is 28.4 Å². The third-order valence-electron chi connectivity index (χ3n) is 6.03. The Bertz CT molecular complexity index is 1690. The molecule has 0 spiro atoms. The van der Waals surface area contributed by atoms with Gasteiger partial charge in [-0.3, -0.25) is 14.2 Å². The molecule has 4 aromatic rings. The van der Waals surface area contributed by atoms with Crippen LogP contribution in [0.5, 0.6) is 0 Å². The monoisotopic (exact) mass is 651 g/mol. The summed E-state index contributed by atoms with van der Waals surface area (Å²) in [5.74, 6) is -2.53. The number of nitrogens with one attached hydrogen (secondary N) is 2. The Labute approximate surface area is 256 Å². The van der Waals surface area contributed by atoms with Crippen molar-refractivity contribution in [3.05, 3.63) is 101 Å². The number of ether oxygens (including phenoxy) is 1. The van der Waals surface area contributed by atoms with Crippen molar-refractivity contribution in [1.29, 1.82) is 0 Å². The Morgan fingerprint density at radius 2 is 1.60 bits per heavy atom. The number of halogens is 6. The fourth-order valence-electron chi connectivity index (χ4n) is 4.00. The second kappa shape index (κ2) is 13.8. The molecular weight excluding hydrogens is 628 g/mol. The normalized spacial score (nSPS) is 11.6. The number of amides is 2. The van der Waals surface area contributed by atoms with Gasteiger partial charge < -0.3 is 15.4 Å². The molecule has 1 aromatic heterocycles. The van der Waals surface area contributed by atoms with Crippen molar-refractivity contribution in [2.45, 2.75) is 31.0 Å². The summed E-state index contributed by atoms with van der Waals surface area (Å²) >= 11 is 0.815. The predicted molar refractivity (Wildman–Crippen MR) is 151 cm³/mol. The first kappa shape index (κ1) is 33.0. The van der Waals surface area contributed by atoms with Crippen LogP contribution < -0.4 is 10.6 Å². The Morgan fingerprint density at radius 1 is 0.889 bits per heavy atom. The minimum Gasteiger partial charge on any atom is -0.462 e. The maximum Gasteiger partial charge on any atom is 0.417 e. The van der Waals surface area contributed by atoms with E-state index in [0.29, 0.717) is 5.69 Å². The van der Waals surface area contributed by atoms with Gasteiger partial charge in [-0.1, -0.05) is 30.0 Å². The zero-order chi connectivity index (χ0) is 32.8. The number of carbonyl (C=O) groups is 3. The van der Waals surface area contributed by atoms with Crippen LogP contribution in [0.2, 0.25) is 0 Å². The van der Waals surface area contributed by atoms with Gasteiger partial charge in [-0.2, -0.15) is 26.3 Å². The average Bonchev–Trinajstić information content (AvgIpc) is 3.41. The summed E-state index contributed by atoms with van der Waals surface area (Å²) in [5, 5.41) is 12.8. The van der Waals surface area contributed by atoms with Crippen molar-refractivity contribution in [2.24, 2.45) is 0 Å². The van der Waals surface area contributed by atoms with Gasteiger partial charge in [0.2, 0.25) is 5.91 Å². The van der Waals surface area contributed by atoms with Gasteiger partial charge in [0.15, 0.2) is 11.0 Å². The van der Waals surface area contributed by atoms with E-state index >= 15 is 0 Å². The molecule has 2 amide bonds. The first-order valence-corrected chi connectivity index (χ1v) is 14.0. The van der Waals surface area contributed by atoms with E-state index in [-0.39, 0.29) is 34.6 Å². The molecule has 0 aliphatic rings. The number of benzene rings is 3. The van der Waals surface area contributed by atoms with E-state index in [1.165, 1.54) is 36.4 Å². The number of rotatable bonds is 10. The molecule has 0 unspecified atom stereocenters. The number of hydrogen-bond acceptors (Lipinski definition) is 7. The van der Waals surface area contributed by atoms with Crippen LogP contribution in [0.1, 0.15) is 44.6 Å². The highest BCUT2D eigenvalue weighted by molar-refractivity contribution is 7.99. The van der Waals surface area contributed by atoms with Crippen molar-refractivity contribution in [1.82, 2.24) is 20.1 Å². The number of anilines is 1. The van der Waals surface area contributed by atoms with Crippen LogP contribution in [0.25, 0.3) is 5.69 Å². The Morgan fingerprint density at radius 3 is 2.27 bits per heavy atom. The second-order valence-electron chi connectivity index (χ2n) is 9.14. The van der Waals surface area contributed by atoms with Gasteiger partial charge in [-0.25, -0.2) is 4.79 Å². The number of esters is 1. The molecule has 0 saturated carbocycles. The summed E-state index contributed by atoms with van der Waals surface area (Å²) in [6.45, 7) is 1.35. The van der Waals surface area contributed by atoms with Gasteiger partial charge in [-0.15, -0.1) is 10.2 Å². The number of carbonyl (C=O) groups excluding carboxylic acids is 3. The molecule has 0 fully saturated rings. The van der Waals surface area contributed by atoms with Crippen molar-refractivity contribution < 1.29 is 45.5 Å². The lowest BCUT2D eigenvalue weighted by atomic mass is 10.1. The van der Waals surface area contributed by atoms with Crippen LogP contribution in [0.3, 0.4) is 0 Å². The van der Waals surface area contributed by atoms with Gasteiger partial charge in [-0.05, 0) is 61.5 Å². The molecule has 4 rings (SSSR count). The molecule has 236 valence electrons. The summed E-state index contributed by atoms with van der Waals surface area (Å²) in [6.07, 6.45) is -9.50. The molecule has 45 heavy (non-hydrogen) atoms. The minimum atomic E-state index is -4.81. The SMILES string of the molecule is CCOC(=O)c1ccc(NC(=O)CSc2nnc(CNC(=O)c3ccccc3C(F)(F)F)n2-c2cccc(C(F)(F)F)c2)cc1. The zero-order valence-corrected chi connectivity index (χ0v) is 24.0. The van der Waals surface area contributed by atoms with E-state index in [9.17, 15) is 40.7 Å². The lowest BCUT2D eigenvalue weighted by Gasteiger charge is -2.15. The van der Waals surface area contributed by atoms with Crippen molar-refractivity contribution in [3.8, 4) is 5.69 Å². The van der Waals surface area contributed by atoms with Gasteiger partial charge >= 0.3 is 18.3 Å². The average molecular weight is 652 g/mol. The maximum atomic E-state index is 13.5. The summed E-state index contributed by atoms with van der Waals surface area (Å²) in [7, 11) is 0. The minimum absolute atomic E-state index is 0.0259. The fraction of sp³-hybridized carbons (Fsp3) is 0.207. The quantitative estimate of drug-likeness (QED) is 0.120. The van der Waals surface area contributed by atoms with Crippen LogP contribution in [0.4, 0.5) is 32.0 Å². The fourth-order valence-corrected chi connectivity index (χ4v) is 4.77. The first-order chi connectivity index (χ1) is 21.3. The molecule has 0 radical (unpaired) electrons. The van der Waals surface area contributed by atoms with Gasteiger partial charge in [0.25, 0.3) is 5.91 Å². The third kappa shape index (κ3) is 8.41. The smallest absolute Gasteiger partial charge is 0.417 e. The molecule has 0 aliphatic heterocycles. The van der Waals surface area contributed by atoms with Gasteiger partial charge in [0, 0.05) is 5.69 Å². The maximum absolute atomic E-state index is 13.5. The van der Waals surface area contributed by atoms with Crippen molar-refractivity contribution in [2.75, 3.05) is 17.7 Å². The highest BCUT2D eigenvalue weighted by atomic mass is 32.2. The molecule has 0 saturated heterocycles. The molecule has 16 heteroatoms. The summed E-state index contributed by atoms with van der Waals surface area (Å²) in [6, 6.07) is 14.1. The number of nitrogens with zero attached hydrogens (tertiary/aromatic N) is 3. The Hall–Kier alpha value is -4.86. The summed E-state index contributed by atoms with van der Waals surface area (Å²) in [5.41, 5.74) is -2.25. The third-order valence-corrected chi connectivity index (χ3v) is 6.96. The van der Waals surface area contributed by atoms with E-state index in [2.05, 4.69) is 20.8 Å². The number of hydrogen-bond donors (Lipinski definition) is 2. The van der Waals surface area contributed by atoms with Crippen molar-refractivity contribution >= 4 is 35.2 Å². The summed E-state index contributed by atoms with van der Waals surface area (Å²) < 4.78 is 86.7. The van der Waals surface area contributed by atoms with E-state index < -0.39 is 53.4 Å².